The molecule has 0 aromatic rings. The topological polar surface area (TPSA) is 40.5 Å². The number of carbonyl (C=O) groups is 1. The molecule has 88 valence electrons. The number of hydrogen-bond donors (Lipinski definition) is 1. The molecule has 3 nitrogen and oxygen atoms in total. The van der Waals surface area contributed by atoms with Crippen molar-refractivity contribution < 1.29 is 9.90 Å². The summed E-state index contributed by atoms with van der Waals surface area (Å²) in [4.78, 5) is 13.6. The minimum Gasteiger partial charge on any atom is -0.390 e. The molecule has 1 fully saturated rings. The van der Waals surface area contributed by atoms with Crippen molar-refractivity contribution in [3.05, 3.63) is 0 Å². The Morgan fingerprint density at radius 1 is 1.40 bits per heavy atom. The summed E-state index contributed by atoms with van der Waals surface area (Å²) in [5.74, 6) is 0.277. The molecule has 1 saturated carbocycles. The summed E-state index contributed by atoms with van der Waals surface area (Å²) in [6.07, 6.45) is 3.44. The lowest BCUT2D eigenvalue weighted by Crippen LogP contribution is -2.44. The van der Waals surface area contributed by atoms with Crippen molar-refractivity contribution >= 4 is 5.91 Å². The molecule has 0 atom stereocenters. The Kier molecular flexibility index (Phi) is 3.77. The van der Waals surface area contributed by atoms with E-state index in [0.717, 1.165) is 25.7 Å². The highest BCUT2D eigenvalue weighted by molar-refractivity contribution is 5.78. The number of hydrogen-bond acceptors (Lipinski definition) is 2. The molecule has 1 aliphatic carbocycles. The van der Waals surface area contributed by atoms with Crippen LogP contribution in [0.15, 0.2) is 0 Å². The number of amides is 1. The molecule has 1 amide bonds. The van der Waals surface area contributed by atoms with Gasteiger partial charge in [0, 0.05) is 19.0 Å². The summed E-state index contributed by atoms with van der Waals surface area (Å²) in [6, 6.07) is 0.320. The monoisotopic (exact) mass is 213 g/mol. The van der Waals surface area contributed by atoms with Gasteiger partial charge in [-0.2, -0.15) is 0 Å². The van der Waals surface area contributed by atoms with Crippen LogP contribution in [0.5, 0.6) is 0 Å². The molecule has 3 heteroatoms. The highest BCUT2D eigenvalue weighted by Crippen LogP contribution is 2.30. The van der Waals surface area contributed by atoms with Crippen LogP contribution in [0.2, 0.25) is 0 Å². The molecule has 0 heterocycles. The van der Waals surface area contributed by atoms with Gasteiger partial charge < -0.3 is 10.0 Å². The molecule has 0 unspecified atom stereocenters. The second kappa shape index (κ2) is 4.52. The SMILES string of the molecule is CC(C)C(=O)N(C)[C@H]1CC[C@](C)(O)CC1. The van der Waals surface area contributed by atoms with Crippen molar-refractivity contribution in [2.75, 3.05) is 7.05 Å². The molecule has 0 aromatic heterocycles. The van der Waals surface area contributed by atoms with Gasteiger partial charge in [-0.05, 0) is 32.6 Å². The van der Waals surface area contributed by atoms with Crippen molar-refractivity contribution in [3.8, 4) is 0 Å². The van der Waals surface area contributed by atoms with Gasteiger partial charge in [-0.15, -0.1) is 0 Å². The molecule has 0 radical (unpaired) electrons. The van der Waals surface area contributed by atoms with Gasteiger partial charge in [0.15, 0.2) is 0 Å². The molecule has 15 heavy (non-hydrogen) atoms. The maximum absolute atomic E-state index is 11.8. The summed E-state index contributed by atoms with van der Waals surface area (Å²) in [5.41, 5.74) is -0.516. The van der Waals surface area contributed by atoms with E-state index in [-0.39, 0.29) is 11.8 Å². The first-order valence-electron chi connectivity index (χ1n) is 5.82. The molecule has 1 N–H and O–H groups in total. The number of nitrogens with zero attached hydrogens (tertiary/aromatic N) is 1. The number of aliphatic hydroxyl groups is 1. The Balaban J connectivity index is 2.50. The van der Waals surface area contributed by atoms with E-state index in [1.54, 1.807) is 0 Å². The Morgan fingerprint density at radius 3 is 2.27 bits per heavy atom. The quantitative estimate of drug-likeness (QED) is 0.759. The first-order chi connectivity index (χ1) is 6.83. The second-order valence-corrected chi connectivity index (χ2v) is 5.33. The number of carbonyl (C=O) groups excluding carboxylic acids is 1. The zero-order valence-electron chi connectivity index (χ0n) is 10.3. The summed E-state index contributed by atoms with van der Waals surface area (Å²) in [5, 5.41) is 9.82. The smallest absolute Gasteiger partial charge is 0.225 e. The van der Waals surface area contributed by atoms with Crippen LogP contribution >= 0.6 is 0 Å². The van der Waals surface area contributed by atoms with Crippen LogP contribution in [-0.4, -0.2) is 34.6 Å². The molecule has 0 bridgehead atoms. The Hall–Kier alpha value is -0.570. The predicted octanol–water partition coefficient (Wildman–Crippen LogP) is 1.79. The van der Waals surface area contributed by atoms with E-state index in [1.165, 1.54) is 0 Å². The standard InChI is InChI=1S/C12H23NO2/c1-9(2)11(14)13(4)10-5-7-12(3,15)8-6-10/h9-10,15H,5-8H2,1-4H3/t10-,12-. The minimum atomic E-state index is -0.516. The van der Waals surface area contributed by atoms with E-state index in [1.807, 2.05) is 32.7 Å². The van der Waals surface area contributed by atoms with Crippen molar-refractivity contribution in [1.82, 2.24) is 4.90 Å². The maximum Gasteiger partial charge on any atom is 0.225 e. The van der Waals surface area contributed by atoms with Crippen LogP contribution in [0.25, 0.3) is 0 Å². The lowest BCUT2D eigenvalue weighted by Gasteiger charge is -2.38. The van der Waals surface area contributed by atoms with E-state index in [9.17, 15) is 9.90 Å². The van der Waals surface area contributed by atoms with Crippen LogP contribution in [-0.2, 0) is 4.79 Å². The zero-order chi connectivity index (χ0) is 11.6. The second-order valence-electron chi connectivity index (χ2n) is 5.33. The van der Waals surface area contributed by atoms with Gasteiger partial charge in [0.2, 0.25) is 5.91 Å². The lowest BCUT2D eigenvalue weighted by atomic mass is 9.83. The third kappa shape index (κ3) is 3.20. The van der Waals surface area contributed by atoms with E-state index in [2.05, 4.69) is 0 Å². The highest BCUT2D eigenvalue weighted by atomic mass is 16.3. The zero-order valence-corrected chi connectivity index (χ0v) is 10.3. The third-order valence-corrected chi connectivity index (χ3v) is 3.42. The Labute approximate surface area is 92.5 Å². The fourth-order valence-electron chi connectivity index (χ4n) is 2.20. The number of rotatable bonds is 2. The largest absolute Gasteiger partial charge is 0.390 e. The van der Waals surface area contributed by atoms with Crippen LogP contribution in [0.3, 0.4) is 0 Å². The van der Waals surface area contributed by atoms with E-state index < -0.39 is 5.60 Å². The maximum atomic E-state index is 11.8. The van der Waals surface area contributed by atoms with E-state index in [0.29, 0.717) is 6.04 Å². The molecule has 0 spiro atoms. The van der Waals surface area contributed by atoms with Crippen molar-refractivity contribution in [3.63, 3.8) is 0 Å². The van der Waals surface area contributed by atoms with Gasteiger partial charge in [0.1, 0.15) is 0 Å². The van der Waals surface area contributed by atoms with Gasteiger partial charge in [0.05, 0.1) is 5.60 Å². The van der Waals surface area contributed by atoms with Crippen molar-refractivity contribution in [2.24, 2.45) is 5.92 Å². The molecule has 1 rings (SSSR count). The average molecular weight is 213 g/mol. The van der Waals surface area contributed by atoms with E-state index >= 15 is 0 Å². The lowest BCUT2D eigenvalue weighted by molar-refractivity contribution is -0.137. The Morgan fingerprint density at radius 2 is 1.87 bits per heavy atom. The molecular formula is C12H23NO2. The van der Waals surface area contributed by atoms with Gasteiger partial charge in [-0.1, -0.05) is 13.8 Å². The summed E-state index contributed by atoms with van der Waals surface area (Å²) in [7, 11) is 1.88. The first-order valence-corrected chi connectivity index (χ1v) is 5.82. The van der Waals surface area contributed by atoms with E-state index in [4.69, 9.17) is 0 Å². The fraction of sp³-hybridized carbons (Fsp3) is 0.917. The molecule has 0 aromatic carbocycles. The molecule has 1 aliphatic rings. The van der Waals surface area contributed by atoms with Crippen LogP contribution < -0.4 is 0 Å². The van der Waals surface area contributed by atoms with Gasteiger partial charge in [0.25, 0.3) is 0 Å². The van der Waals surface area contributed by atoms with Crippen molar-refractivity contribution in [1.29, 1.82) is 0 Å². The van der Waals surface area contributed by atoms with Crippen LogP contribution in [0.1, 0.15) is 46.5 Å². The summed E-state index contributed by atoms with van der Waals surface area (Å²) >= 11 is 0. The first kappa shape index (κ1) is 12.5. The van der Waals surface area contributed by atoms with Gasteiger partial charge in [-0.25, -0.2) is 0 Å². The Bertz CT molecular complexity index is 226. The minimum absolute atomic E-state index is 0.0671. The predicted molar refractivity (Wildman–Crippen MR) is 60.5 cm³/mol. The van der Waals surface area contributed by atoms with Crippen molar-refractivity contribution in [2.45, 2.75) is 58.1 Å². The summed E-state index contributed by atoms with van der Waals surface area (Å²) < 4.78 is 0. The summed E-state index contributed by atoms with van der Waals surface area (Å²) in [6.45, 7) is 5.74. The fourth-order valence-corrected chi connectivity index (χ4v) is 2.20. The van der Waals surface area contributed by atoms with Crippen LogP contribution in [0.4, 0.5) is 0 Å². The normalized spacial score (nSPS) is 31.7. The van der Waals surface area contributed by atoms with Crippen LogP contribution in [0, 0.1) is 5.92 Å². The molecule has 0 saturated heterocycles. The van der Waals surface area contributed by atoms with Gasteiger partial charge >= 0.3 is 0 Å². The third-order valence-electron chi connectivity index (χ3n) is 3.42. The highest BCUT2D eigenvalue weighted by Gasteiger charge is 2.32. The molecule has 0 aliphatic heterocycles. The average Bonchev–Trinajstić information content (AvgIpc) is 2.15. The van der Waals surface area contributed by atoms with Gasteiger partial charge in [-0.3, -0.25) is 4.79 Å². The molecular weight excluding hydrogens is 190 g/mol.